The van der Waals surface area contributed by atoms with Gasteiger partial charge in [0.2, 0.25) is 17.7 Å². The van der Waals surface area contributed by atoms with Crippen LogP contribution < -0.4 is 27.8 Å². The molecule has 0 radical (unpaired) electrons. The van der Waals surface area contributed by atoms with E-state index in [-0.39, 0.29) is 37.8 Å². The lowest BCUT2D eigenvalue weighted by Crippen LogP contribution is -2.56. The minimum atomic E-state index is -0.972. The summed E-state index contributed by atoms with van der Waals surface area (Å²) in [6.07, 6.45) is 5.83. The van der Waals surface area contributed by atoms with Crippen LogP contribution in [0.3, 0.4) is 0 Å². The average Bonchev–Trinajstić information content (AvgIpc) is 3.46. The molecular formula is C19H31N9O4. The van der Waals surface area contributed by atoms with Crippen molar-refractivity contribution in [2.45, 2.75) is 50.2 Å². The summed E-state index contributed by atoms with van der Waals surface area (Å²) in [7, 11) is 0. The summed E-state index contributed by atoms with van der Waals surface area (Å²) in [5.74, 6) is -1.49. The van der Waals surface area contributed by atoms with Crippen LogP contribution in [0.4, 0.5) is 0 Å². The van der Waals surface area contributed by atoms with Crippen molar-refractivity contribution >= 4 is 30.0 Å². The molecule has 1 aromatic rings. The standard InChI is InChI=1S/C19H31N9O4/c20-8-16(30)26-15(7-12-9-23-11-25-12)17(31)27-14(4-1-5-24-19(21)22)18(32)28-6-2-3-13(28)10-29/h9-11,13-15H,1-8,20H2,(H,23,25)(H,26,30)(H,27,31)(H4,21,22,24)/t13-,14-,15-/m0/s1. The molecule has 176 valence electrons. The first-order chi connectivity index (χ1) is 15.3. The molecule has 0 unspecified atom stereocenters. The van der Waals surface area contributed by atoms with E-state index in [1.165, 1.54) is 17.4 Å². The Labute approximate surface area is 185 Å². The van der Waals surface area contributed by atoms with Crippen LogP contribution in [-0.2, 0) is 25.6 Å². The van der Waals surface area contributed by atoms with Gasteiger partial charge in [-0.25, -0.2) is 4.98 Å². The van der Waals surface area contributed by atoms with Crippen LogP contribution in [0.5, 0.6) is 0 Å². The van der Waals surface area contributed by atoms with Gasteiger partial charge in [0.15, 0.2) is 5.96 Å². The van der Waals surface area contributed by atoms with Crippen LogP contribution in [0, 0.1) is 0 Å². The largest absolute Gasteiger partial charge is 0.370 e. The van der Waals surface area contributed by atoms with Gasteiger partial charge >= 0.3 is 0 Å². The van der Waals surface area contributed by atoms with E-state index in [9.17, 15) is 19.2 Å². The zero-order valence-electron chi connectivity index (χ0n) is 17.8. The second-order valence-corrected chi connectivity index (χ2v) is 7.49. The molecule has 0 spiro atoms. The zero-order valence-corrected chi connectivity index (χ0v) is 17.8. The lowest BCUT2D eigenvalue weighted by atomic mass is 10.1. The van der Waals surface area contributed by atoms with Gasteiger partial charge in [-0.1, -0.05) is 0 Å². The summed E-state index contributed by atoms with van der Waals surface area (Å²) in [5.41, 5.74) is 16.7. The highest BCUT2D eigenvalue weighted by molar-refractivity contribution is 5.93. The molecule has 1 aromatic heterocycles. The molecule has 3 amide bonds. The number of imidazole rings is 1. The van der Waals surface area contributed by atoms with Crippen LogP contribution in [0.15, 0.2) is 17.5 Å². The van der Waals surface area contributed by atoms with Gasteiger partial charge in [0, 0.05) is 31.4 Å². The molecule has 0 aliphatic carbocycles. The molecule has 9 N–H and O–H groups in total. The molecule has 0 bridgehead atoms. The fourth-order valence-corrected chi connectivity index (χ4v) is 3.52. The first-order valence-electron chi connectivity index (χ1n) is 10.4. The Bertz CT molecular complexity index is 808. The quantitative estimate of drug-likeness (QED) is 0.0841. The number of aliphatic imine (C=N–C) groups is 1. The van der Waals surface area contributed by atoms with Gasteiger partial charge in [-0.05, 0) is 25.7 Å². The number of amides is 3. The van der Waals surface area contributed by atoms with Gasteiger partial charge in [0.1, 0.15) is 18.4 Å². The number of aromatic nitrogens is 2. The molecule has 1 aliphatic rings. The molecule has 2 heterocycles. The lowest BCUT2D eigenvalue weighted by molar-refractivity contribution is -0.139. The van der Waals surface area contributed by atoms with E-state index in [4.69, 9.17) is 17.2 Å². The van der Waals surface area contributed by atoms with Crippen LogP contribution in [-0.4, -0.2) is 82.6 Å². The first-order valence-corrected chi connectivity index (χ1v) is 10.4. The number of H-pyrrole nitrogens is 1. The Kier molecular flexibility index (Phi) is 9.60. The fourth-order valence-electron chi connectivity index (χ4n) is 3.52. The third-order valence-corrected chi connectivity index (χ3v) is 5.12. The second-order valence-electron chi connectivity index (χ2n) is 7.49. The number of nitrogens with one attached hydrogen (secondary N) is 3. The maximum atomic E-state index is 13.1. The Morgan fingerprint density at radius 1 is 1.31 bits per heavy atom. The number of likely N-dealkylation sites (tertiary alicyclic amines) is 1. The number of carbonyl (C=O) groups excluding carboxylic acids is 4. The predicted octanol–water partition coefficient (Wildman–Crippen LogP) is -2.88. The highest BCUT2D eigenvalue weighted by atomic mass is 16.2. The maximum absolute atomic E-state index is 13.1. The minimum absolute atomic E-state index is 0.0680. The predicted molar refractivity (Wildman–Crippen MR) is 116 cm³/mol. The highest BCUT2D eigenvalue weighted by Gasteiger charge is 2.34. The summed E-state index contributed by atoms with van der Waals surface area (Å²) in [6.45, 7) is 0.424. The van der Waals surface area contributed by atoms with Gasteiger partial charge in [0.25, 0.3) is 0 Å². The summed E-state index contributed by atoms with van der Waals surface area (Å²) >= 11 is 0. The number of aromatic amines is 1. The van der Waals surface area contributed by atoms with E-state index < -0.39 is 29.9 Å². The van der Waals surface area contributed by atoms with Gasteiger partial charge in [-0.3, -0.25) is 19.4 Å². The zero-order chi connectivity index (χ0) is 23.5. The van der Waals surface area contributed by atoms with Gasteiger partial charge < -0.3 is 42.5 Å². The van der Waals surface area contributed by atoms with E-state index in [0.29, 0.717) is 31.5 Å². The summed E-state index contributed by atoms with van der Waals surface area (Å²) in [6, 6.07) is -2.39. The molecule has 2 rings (SSSR count). The minimum Gasteiger partial charge on any atom is -0.370 e. The second kappa shape index (κ2) is 12.4. The maximum Gasteiger partial charge on any atom is 0.245 e. The van der Waals surface area contributed by atoms with Gasteiger partial charge in [-0.2, -0.15) is 0 Å². The third kappa shape index (κ3) is 7.34. The number of rotatable bonds is 12. The molecule has 0 saturated carbocycles. The van der Waals surface area contributed by atoms with Crippen molar-refractivity contribution in [1.82, 2.24) is 25.5 Å². The Hall–Kier alpha value is -3.48. The fraction of sp³-hybridized carbons (Fsp3) is 0.579. The monoisotopic (exact) mass is 449 g/mol. The molecule has 1 aliphatic heterocycles. The number of hydrogen-bond acceptors (Lipinski definition) is 7. The number of carbonyl (C=O) groups is 4. The van der Waals surface area contributed by atoms with Gasteiger partial charge in [-0.15, -0.1) is 0 Å². The van der Waals surface area contributed by atoms with Crippen LogP contribution >= 0.6 is 0 Å². The molecular weight excluding hydrogens is 418 g/mol. The van der Waals surface area contributed by atoms with E-state index in [1.54, 1.807) is 0 Å². The van der Waals surface area contributed by atoms with Crippen LogP contribution in [0.2, 0.25) is 0 Å². The van der Waals surface area contributed by atoms with Crippen molar-refractivity contribution in [3.8, 4) is 0 Å². The number of nitrogens with two attached hydrogens (primary N) is 3. The molecule has 32 heavy (non-hydrogen) atoms. The number of aldehydes is 1. The third-order valence-electron chi connectivity index (χ3n) is 5.12. The van der Waals surface area contributed by atoms with Crippen LogP contribution in [0.25, 0.3) is 0 Å². The Balaban J connectivity index is 2.14. The molecule has 1 saturated heterocycles. The number of nitrogens with zero attached hydrogens (tertiary/aromatic N) is 3. The first kappa shape index (κ1) is 24.8. The topological polar surface area (TPSA) is 215 Å². The Morgan fingerprint density at radius 2 is 2.09 bits per heavy atom. The summed E-state index contributed by atoms with van der Waals surface area (Å²) < 4.78 is 0. The van der Waals surface area contributed by atoms with Crippen molar-refractivity contribution in [3.63, 3.8) is 0 Å². The smallest absolute Gasteiger partial charge is 0.245 e. The van der Waals surface area contributed by atoms with E-state index in [2.05, 4.69) is 25.6 Å². The van der Waals surface area contributed by atoms with E-state index in [1.807, 2.05) is 0 Å². The van der Waals surface area contributed by atoms with Crippen molar-refractivity contribution in [2.75, 3.05) is 19.6 Å². The van der Waals surface area contributed by atoms with Crippen molar-refractivity contribution in [2.24, 2.45) is 22.2 Å². The normalized spacial score (nSPS) is 17.3. The molecule has 0 aromatic carbocycles. The van der Waals surface area contributed by atoms with Gasteiger partial charge in [0.05, 0.1) is 18.9 Å². The van der Waals surface area contributed by atoms with Crippen molar-refractivity contribution < 1.29 is 19.2 Å². The summed E-state index contributed by atoms with van der Waals surface area (Å²) in [4.78, 5) is 61.5. The average molecular weight is 450 g/mol. The summed E-state index contributed by atoms with van der Waals surface area (Å²) in [5, 5.41) is 5.28. The number of hydrogen-bond donors (Lipinski definition) is 6. The number of guanidine groups is 1. The Morgan fingerprint density at radius 3 is 2.72 bits per heavy atom. The molecule has 3 atom stereocenters. The SMILES string of the molecule is NCC(=O)N[C@@H](Cc1cnc[nH]1)C(=O)N[C@@H](CCCN=C(N)N)C(=O)N1CCC[C@H]1C=O. The highest BCUT2D eigenvalue weighted by Crippen LogP contribution is 2.18. The van der Waals surface area contributed by atoms with Crippen LogP contribution in [0.1, 0.15) is 31.4 Å². The van der Waals surface area contributed by atoms with Crippen molar-refractivity contribution in [1.29, 1.82) is 0 Å². The van der Waals surface area contributed by atoms with Crippen molar-refractivity contribution in [3.05, 3.63) is 18.2 Å². The molecule has 13 nitrogen and oxygen atoms in total. The lowest BCUT2D eigenvalue weighted by Gasteiger charge is -2.28. The molecule has 1 fully saturated rings. The van der Waals surface area contributed by atoms with E-state index >= 15 is 0 Å². The molecule has 13 heteroatoms. The van der Waals surface area contributed by atoms with E-state index in [0.717, 1.165) is 6.29 Å².